The second kappa shape index (κ2) is 6.27. The van der Waals surface area contributed by atoms with Crippen molar-refractivity contribution in [2.24, 2.45) is 5.73 Å². The SMILES string of the molecule is CCCn1c(Sc2ccc(CN)c(Cl)c2)n[nH]c1=O. The summed E-state index contributed by atoms with van der Waals surface area (Å²) >= 11 is 7.52. The molecule has 1 aromatic carbocycles. The van der Waals surface area contributed by atoms with Gasteiger partial charge in [0, 0.05) is 23.0 Å². The molecule has 1 heterocycles. The average molecular weight is 299 g/mol. The highest BCUT2D eigenvalue weighted by Crippen LogP contribution is 2.29. The molecule has 1 aromatic heterocycles. The van der Waals surface area contributed by atoms with Crippen molar-refractivity contribution in [3.8, 4) is 0 Å². The van der Waals surface area contributed by atoms with Crippen LogP contribution in [0.1, 0.15) is 18.9 Å². The van der Waals surface area contributed by atoms with Crippen molar-refractivity contribution in [1.29, 1.82) is 0 Å². The van der Waals surface area contributed by atoms with Gasteiger partial charge in [0.15, 0.2) is 5.16 Å². The number of hydrogen-bond donors (Lipinski definition) is 2. The molecule has 0 amide bonds. The maximum absolute atomic E-state index is 11.6. The smallest absolute Gasteiger partial charge is 0.326 e. The van der Waals surface area contributed by atoms with Crippen molar-refractivity contribution >= 4 is 23.4 Å². The predicted octanol–water partition coefficient (Wildman–Crippen LogP) is 2.24. The van der Waals surface area contributed by atoms with E-state index in [0.29, 0.717) is 23.3 Å². The number of nitrogens with zero attached hydrogens (tertiary/aromatic N) is 2. The molecule has 0 saturated heterocycles. The van der Waals surface area contributed by atoms with Gasteiger partial charge in [-0.2, -0.15) is 0 Å². The highest BCUT2D eigenvalue weighted by molar-refractivity contribution is 7.99. The Kier molecular flexibility index (Phi) is 4.68. The van der Waals surface area contributed by atoms with E-state index in [-0.39, 0.29) is 5.69 Å². The van der Waals surface area contributed by atoms with Gasteiger partial charge in [-0.1, -0.05) is 24.6 Å². The number of halogens is 1. The molecule has 5 nitrogen and oxygen atoms in total. The first-order valence-corrected chi connectivity index (χ1v) is 7.16. The minimum absolute atomic E-state index is 0.186. The lowest BCUT2D eigenvalue weighted by Gasteiger charge is -2.06. The number of aromatic nitrogens is 3. The molecule has 0 aliphatic rings. The molecule has 0 spiro atoms. The molecule has 3 N–H and O–H groups in total. The fourth-order valence-electron chi connectivity index (χ4n) is 1.66. The summed E-state index contributed by atoms with van der Waals surface area (Å²) in [4.78, 5) is 12.5. The second-order valence-electron chi connectivity index (χ2n) is 4.02. The zero-order chi connectivity index (χ0) is 13.8. The molecule has 0 atom stereocenters. The highest BCUT2D eigenvalue weighted by atomic mass is 35.5. The van der Waals surface area contributed by atoms with Crippen LogP contribution in [0.25, 0.3) is 0 Å². The van der Waals surface area contributed by atoms with Crippen LogP contribution in [0.5, 0.6) is 0 Å². The molecular weight excluding hydrogens is 284 g/mol. The molecule has 2 rings (SSSR count). The van der Waals surface area contributed by atoms with Crippen LogP contribution in [-0.4, -0.2) is 14.8 Å². The first kappa shape index (κ1) is 14.2. The molecule has 0 saturated carbocycles. The van der Waals surface area contributed by atoms with Crippen LogP contribution in [0.3, 0.4) is 0 Å². The average Bonchev–Trinajstić information content (AvgIpc) is 2.72. The summed E-state index contributed by atoms with van der Waals surface area (Å²) in [6.45, 7) is 3.07. The largest absolute Gasteiger partial charge is 0.343 e. The molecule has 7 heteroatoms. The fraction of sp³-hybridized carbons (Fsp3) is 0.333. The predicted molar refractivity (Wildman–Crippen MR) is 76.6 cm³/mol. The topological polar surface area (TPSA) is 76.7 Å². The normalized spacial score (nSPS) is 10.9. The van der Waals surface area contributed by atoms with Gasteiger partial charge in [-0.15, -0.1) is 5.10 Å². The Hall–Kier alpha value is -1.24. The van der Waals surface area contributed by atoms with Gasteiger partial charge in [0.1, 0.15) is 0 Å². The fourth-order valence-corrected chi connectivity index (χ4v) is 2.89. The molecule has 0 radical (unpaired) electrons. The van der Waals surface area contributed by atoms with E-state index >= 15 is 0 Å². The molecule has 0 fully saturated rings. The van der Waals surface area contributed by atoms with E-state index in [0.717, 1.165) is 16.9 Å². The van der Waals surface area contributed by atoms with Gasteiger partial charge >= 0.3 is 5.69 Å². The Bertz CT molecular complexity index is 622. The summed E-state index contributed by atoms with van der Waals surface area (Å²) < 4.78 is 1.62. The quantitative estimate of drug-likeness (QED) is 0.887. The van der Waals surface area contributed by atoms with E-state index in [9.17, 15) is 4.79 Å². The Labute approximate surface area is 120 Å². The van der Waals surface area contributed by atoms with Crippen molar-refractivity contribution in [1.82, 2.24) is 14.8 Å². The Balaban J connectivity index is 2.26. The third-order valence-electron chi connectivity index (χ3n) is 2.62. The first-order valence-electron chi connectivity index (χ1n) is 5.97. The maximum atomic E-state index is 11.6. The zero-order valence-corrected chi connectivity index (χ0v) is 12.1. The lowest BCUT2D eigenvalue weighted by Crippen LogP contribution is -2.17. The van der Waals surface area contributed by atoms with Gasteiger partial charge in [0.05, 0.1) is 0 Å². The number of rotatable bonds is 5. The molecule has 2 aromatic rings. The van der Waals surface area contributed by atoms with Gasteiger partial charge in [-0.3, -0.25) is 4.57 Å². The van der Waals surface area contributed by atoms with Crippen LogP contribution in [-0.2, 0) is 13.1 Å². The molecule has 102 valence electrons. The minimum Gasteiger partial charge on any atom is -0.326 e. The van der Waals surface area contributed by atoms with Crippen LogP contribution >= 0.6 is 23.4 Å². The van der Waals surface area contributed by atoms with Gasteiger partial charge < -0.3 is 5.73 Å². The van der Waals surface area contributed by atoms with E-state index in [1.807, 2.05) is 25.1 Å². The van der Waals surface area contributed by atoms with Crippen molar-refractivity contribution in [2.75, 3.05) is 0 Å². The lowest BCUT2D eigenvalue weighted by molar-refractivity contribution is 0.604. The van der Waals surface area contributed by atoms with Crippen LogP contribution in [0, 0.1) is 0 Å². The van der Waals surface area contributed by atoms with Crippen LogP contribution < -0.4 is 11.4 Å². The standard InChI is InChI=1S/C12H15ClN4OS/c1-2-5-17-11(18)15-16-12(17)19-9-4-3-8(7-14)10(13)6-9/h3-4,6H,2,5,7,14H2,1H3,(H,15,18). The Morgan fingerprint density at radius 1 is 1.53 bits per heavy atom. The number of benzene rings is 1. The number of aromatic amines is 1. The van der Waals surface area contributed by atoms with Crippen molar-refractivity contribution in [3.05, 3.63) is 39.3 Å². The molecule has 0 aliphatic carbocycles. The van der Waals surface area contributed by atoms with E-state index in [2.05, 4.69) is 10.2 Å². The first-order chi connectivity index (χ1) is 9.15. The number of nitrogens with one attached hydrogen (secondary N) is 1. The van der Waals surface area contributed by atoms with Gasteiger partial charge in [0.25, 0.3) is 0 Å². The van der Waals surface area contributed by atoms with Crippen LogP contribution in [0.2, 0.25) is 5.02 Å². The Morgan fingerprint density at radius 3 is 2.95 bits per heavy atom. The summed E-state index contributed by atoms with van der Waals surface area (Å²) in [5, 5.41) is 7.76. The van der Waals surface area contributed by atoms with Gasteiger partial charge in [-0.25, -0.2) is 9.89 Å². The van der Waals surface area contributed by atoms with Gasteiger partial charge in [-0.05, 0) is 35.9 Å². The third kappa shape index (κ3) is 3.20. The second-order valence-corrected chi connectivity index (χ2v) is 5.47. The monoisotopic (exact) mass is 298 g/mol. The number of nitrogens with two attached hydrogens (primary N) is 1. The summed E-state index contributed by atoms with van der Waals surface area (Å²) in [6, 6.07) is 5.65. The van der Waals surface area contributed by atoms with Crippen molar-refractivity contribution in [3.63, 3.8) is 0 Å². The maximum Gasteiger partial charge on any atom is 0.343 e. The summed E-state index contributed by atoms with van der Waals surface area (Å²) in [6.07, 6.45) is 0.875. The molecule has 19 heavy (non-hydrogen) atoms. The molecule has 0 bridgehead atoms. The number of H-pyrrole nitrogens is 1. The summed E-state index contributed by atoms with van der Waals surface area (Å²) in [7, 11) is 0. The Morgan fingerprint density at radius 2 is 2.32 bits per heavy atom. The van der Waals surface area contributed by atoms with E-state index in [1.165, 1.54) is 11.8 Å². The summed E-state index contributed by atoms with van der Waals surface area (Å²) in [5.41, 5.74) is 6.28. The molecule has 0 unspecified atom stereocenters. The van der Waals surface area contributed by atoms with E-state index in [1.54, 1.807) is 4.57 Å². The van der Waals surface area contributed by atoms with Crippen molar-refractivity contribution < 1.29 is 0 Å². The number of hydrogen-bond acceptors (Lipinski definition) is 4. The molecular formula is C12H15ClN4OS. The molecule has 0 aliphatic heterocycles. The summed E-state index contributed by atoms with van der Waals surface area (Å²) in [5.74, 6) is 0. The highest BCUT2D eigenvalue weighted by Gasteiger charge is 2.10. The minimum atomic E-state index is -0.186. The van der Waals surface area contributed by atoms with E-state index in [4.69, 9.17) is 17.3 Å². The van der Waals surface area contributed by atoms with Gasteiger partial charge in [0.2, 0.25) is 0 Å². The third-order valence-corrected chi connectivity index (χ3v) is 3.96. The zero-order valence-electron chi connectivity index (χ0n) is 10.5. The van der Waals surface area contributed by atoms with Crippen molar-refractivity contribution in [2.45, 2.75) is 36.5 Å². The van der Waals surface area contributed by atoms with Crippen LogP contribution in [0.4, 0.5) is 0 Å². The lowest BCUT2D eigenvalue weighted by atomic mass is 10.2. The van der Waals surface area contributed by atoms with Crippen LogP contribution in [0.15, 0.2) is 33.0 Å². The van der Waals surface area contributed by atoms with E-state index < -0.39 is 0 Å².